The molecule has 8 heteroatoms. The number of hydrogen-bond acceptors (Lipinski definition) is 5. The Hall–Kier alpha value is -2.80. The fraction of sp³-hybridized carbons (Fsp3) is 0.278. The van der Waals surface area contributed by atoms with Crippen molar-refractivity contribution in [3.8, 4) is 22.9 Å². The average Bonchev–Trinajstić information content (AvgIpc) is 3.00. The molecular weight excluding hydrogens is 358 g/mol. The van der Waals surface area contributed by atoms with Crippen molar-refractivity contribution in [3.05, 3.63) is 45.5 Å². The molecule has 1 N–H and O–H groups in total. The highest BCUT2D eigenvalue weighted by molar-refractivity contribution is 6.32. The highest BCUT2D eigenvalue weighted by atomic mass is 35.5. The number of nitrogens with one attached hydrogen (secondary N) is 1. The van der Waals surface area contributed by atoms with Gasteiger partial charge in [0.05, 0.1) is 33.7 Å². The number of fused-ring (bicyclic) bond motifs is 1. The van der Waals surface area contributed by atoms with Crippen molar-refractivity contribution < 1.29 is 14.4 Å². The molecule has 1 heterocycles. The zero-order chi connectivity index (χ0) is 18.8. The average molecular weight is 376 g/mol. The summed E-state index contributed by atoms with van der Waals surface area (Å²) in [5, 5.41) is 11.3. The molecule has 0 aliphatic rings. The van der Waals surface area contributed by atoms with Crippen molar-refractivity contribution in [2.24, 2.45) is 0 Å². The van der Waals surface area contributed by atoms with Crippen molar-refractivity contribution in [1.82, 2.24) is 9.97 Å². The highest BCUT2D eigenvalue weighted by Crippen LogP contribution is 2.40. The van der Waals surface area contributed by atoms with Crippen LogP contribution in [0.3, 0.4) is 0 Å². The van der Waals surface area contributed by atoms with Gasteiger partial charge in [-0.05, 0) is 39.0 Å². The van der Waals surface area contributed by atoms with Crippen LogP contribution in [0.2, 0.25) is 5.02 Å². The minimum atomic E-state index is -0.442. The summed E-state index contributed by atoms with van der Waals surface area (Å²) in [6.45, 7) is 6.15. The number of aromatic nitrogens is 2. The molecule has 3 rings (SSSR count). The molecule has 0 amide bonds. The van der Waals surface area contributed by atoms with Gasteiger partial charge in [0, 0.05) is 17.7 Å². The number of imidazole rings is 1. The number of rotatable bonds is 6. The van der Waals surface area contributed by atoms with Crippen LogP contribution in [0.5, 0.6) is 11.5 Å². The van der Waals surface area contributed by atoms with E-state index in [0.717, 1.165) is 0 Å². The standard InChI is InChI=1S/C18H18ClN3O4/c1-4-25-16-8-11(7-13(19)17(16)26-10(2)3)18-20-14-6-5-12(22(23)24)9-15(14)21-18/h5-10H,4H2,1-3H3,(H,20,21). The second-order valence-electron chi connectivity index (χ2n) is 5.93. The predicted octanol–water partition coefficient (Wildman–Crippen LogP) is 4.98. The summed E-state index contributed by atoms with van der Waals surface area (Å²) in [4.78, 5) is 18.1. The minimum absolute atomic E-state index is 0.00131. The second-order valence-corrected chi connectivity index (χ2v) is 6.34. The number of nitro benzene ring substituents is 1. The number of halogens is 1. The number of non-ortho nitro benzene ring substituents is 1. The third kappa shape index (κ3) is 3.57. The van der Waals surface area contributed by atoms with Gasteiger partial charge in [0.25, 0.3) is 5.69 Å². The maximum Gasteiger partial charge on any atom is 0.271 e. The van der Waals surface area contributed by atoms with Gasteiger partial charge in [-0.15, -0.1) is 0 Å². The molecule has 7 nitrogen and oxygen atoms in total. The van der Waals surface area contributed by atoms with E-state index >= 15 is 0 Å². The molecule has 0 aliphatic carbocycles. The van der Waals surface area contributed by atoms with Gasteiger partial charge in [0.15, 0.2) is 11.5 Å². The molecule has 26 heavy (non-hydrogen) atoms. The molecule has 136 valence electrons. The molecule has 2 aromatic carbocycles. The van der Waals surface area contributed by atoms with E-state index in [2.05, 4.69) is 9.97 Å². The van der Waals surface area contributed by atoms with Gasteiger partial charge in [-0.1, -0.05) is 11.6 Å². The second kappa shape index (κ2) is 7.21. The summed E-state index contributed by atoms with van der Waals surface area (Å²) >= 11 is 6.39. The quantitative estimate of drug-likeness (QED) is 0.484. The molecule has 0 unspecified atom stereocenters. The van der Waals surface area contributed by atoms with E-state index < -0.39 is 4.92 Å². The molecule has 0 bridgehead atoms. The van der Waals surface area contributed by atoms with Gasteiger partial charge in [-0.2, -0.15) is 0 Å². The van der Waals surface area contributed by atoms with E-state index in [1.807, 2.05) is 20.8 Å². The lowest BCUT2D eigenvalue weighted by molar-refractivity contribution is -0.384. The van der Waals surface area contributed by atoms with E-state index in [1.54, 1.807) is 18.2 Å². The van der Waals surface area contributed by atoms with Gasteiger partial charge in [0.1, 0.15) is 5.82 Å². The lowest BCUT2D eigenvalue weighted by atomic mass is 10.2. The van der Waals surface area contributed by atoms with Crippen molar-refractivity contribution in [2.45, 2.75) is 26.9 Å². The number of H-pyrrole nitrogens is 1. The third-order valence-electron chi connectivity index (χ3n) is 3.61. The lowest BCUT2D eigenvalue weighted by Gasteiger charge is -2.16. The van der Waals surface area contributed by atoms with E-state index in [9.17, 15) is 10.1 Å². The summed E-state index contributed by atoms with van der Waals surface area (Å²) in [6, 6.07) is 8.00. The van der Waals surface area contributed by atoms with E-state index in [1.165, 1.54) is 12.1 Å². The molecule has 0 spiro atoms. The summed E-state index contributed by atoms with van der Waals surface area (Å²) in [7, 11) is 0. The molecule has 0 saturated heterocycles. The van der Waals surface area contributed by atoms with Crippen LogP contribution in [0.15, 0.2) is 30.3 Å². The van der Waals surface area contributed by atoms with E-state index in [-0.39, 0.29) is 11.8 Å². The largest absolute Gasteiger partial charge is 0.490 e. The van der Waals surface area contributed by atoms with Crippen LogP contribution >= 0.6 is 11.6 Å². The number of benzene rings is 2. The molecule has 0 aliphatic heterocycles. The SMILES string of the molecule is CCOc1cc(-c2nc3ccc([N+](=O)[O-])cc3[nH]2)cc(Cl)c1OC(C)C. The first kappa shape index (κ1) is 18.0. The van der Waals surface area contributed by atoms with Crippen molar-refractivity contribution in [2.75, 3.05) is 6.61 Å². The zero-order valence-corrected chi connectivity index (χ0v) is 15.3. The van der Waals surface area contributed by atoms with Gasteiger partial charge in [-0.3, -0.25) is 10.1 Å². The predicted molar refractivity (Wildman–Crippen MR) is 100 cm³/mol. The van der Waals surface area contributed by atoms with Crippen molar-refractivity contribution in [3.63, 3.8) is 0 Å². The molecular formula is C18H18ClN3O4. The maximum atomic E-state index is 10.9. The molecule has 3 aromatic rings. The highest BCUT2D eigenvalue weighted by Gasteiger charge is 2.17. The summed E-state index contributed by atoms with van der Waals surface area (Å²) in [6.07, 6.45) is -0.0516. The van der Waals surface area contributed by atoms with Gasteiger partial charge in [0.2, 0.25) is 0 Å². The maximum absolute atomic E-state index is 10.9. The van der Waals surface area contributed by atoms with Crippen LogP contribution in [-0.2, 0) is 0 Å². The first-order valence-electron chi connectivity index (χ1n) is 8.16. The van der Waals surface area contributed by atoms with E-state index in [0.29, 0.717) is 45.5 Å². The van der Waals surface area contributed by atoms with Gasteiger partial charge < -0.3 is 14.5 Å². The van der Waals surface area contributed by atoms with Crippen LogP contribution in [0.4, 0.5) is 5.69 Å². The number of aromatic amines is 1. The number of nitrogens with zero attached hydrogens (tertiary/aromatic N) is 2. The topological polar surface area (TPSA) is 90.3 Å². The molecule has 0 fully saturated rings. The number of nitro groups is 1. The van der Waals surface area contributed by atoms with Crippen LogP contribution in [0, 0.1) is 10.1 Å². The fourth-order valence-electron chi connectivity index (χ4n) is 2.57. The molecule has 0 atom stereocenters. The number of ether oxygens (including phenoxy) is 2. The van der Waals surface area contributed by atoms with Crippen molar-refractivity contribution >= 4 is 28.3 Å². The Morgan fingerprint density at radius 2 is 2.08 bits per heavy atom. The summed E-state index contributed by atoms with van der Waals surface area (Å²) < 4.78 is 11.4. The lowest BCUT2D eigenvalue weighted by Crippen LogP contribution is -2.08. The Balaban J connectivity index is 2.08. The monoisotopic (exact) mass is 375 g/mol. The molecule has 1 aromatic heterocycles. The fourth-order valence-corrected chi connectivity index (χ4v) is 2.82. The summed E-state index contributed by atoms with van der Waals surface area (Å²) in [5.41, 5.74) is 1.91. The summed E-state index contributed by atoms with van der Waals surface area (Å²) in [5.74, 6) is 1.55. The number of hydrogen-bond donors (Lipinski definition) is 1. The van der Waals surface area contributed by atoms with Crippen LogP contribution in [0.25, 0.3) is 22.4 Å². The molecule has 0 saturated carbocycles. The zero-order valence-electron chi connectivity index (χ0n) is 14.6. The Labute approximate surface area is 155 Å². The third-order valence-corrected chi connectivity index (χ3v) is 3.89. The van der Waals surface area contributed by atoms with Crippen LogP contribution in [0.1, 0.15) is 20.8 Å². The van der Waals surface area contributed by atoms with Gasteiger partial charge >= 0.3 is 0 Å². The van der Waals surface area contributed by atoms with Crippen LogP contribution < -0.4 is 9.47 Å². The van der Waals surface area contributed by atoms with E-state index in [4.69, 9.17) is 21.1 Å². The Kier molecular flexibility index (Phi) is 4.99. The Morgan fingerprint density at radius 3 is 2.73 bits per heavy atom. The van der Waals surface area contributed by atoms with Gasteiger partial charge in [-0.25, -0.2) is 4.98 Å². The Bertz CT molecular complexity index is 968. The Morgan fingerprint density at radius 1 is 1.31 bits per heavy atom. The first-order chi connectivity index (χ1) is 12.4. The normalized spacial score (nSPS) is 11.1. The minimum Gasteiger partial charge on any atom is -0.490 e. The van der Waals surface area contributed by atoms with Crippen LogP contribution in [-0.4, -0.2) is 27.6 Å². The van der Waals surface area contributed by atoms with Crippen molar-refractivity contribution in [1.29, 1.82) is 0 Å². The smallest absolute Gasteiger partial charge is 0.271 e. The first-order valence-corrected chi connectivity index (χ1v) is 8.54. The molecule has 0 radical (unpaired) electrons.